The third kappa shape index (κ3) is 5.69. The second kappa shape index (κ2) is 12.4. The zero-order valence-corrected chi connectivity index (χ0v) is 26.3. The first-order valence-electron chi connectivity index (χ1n) is 16.0. The van der Waals surface area contributed by atoms with Crippen molar-refractivity contribution >= 4 is 35.6 Å². The van der Waals surface area contributed by atoms with Crippen LogP contribution in [0.2, 0.25) is 0 Å². The molecule has 5 bridgehead atoms. The number of benzene rings is 2. The van der Waals surface area contributed by atoms with Crippen LogP contribution in [0.5, 0.6) is 0 Å². The largest absolute Gasteiger partial charge is 0.377 e. The maximum atomic E-state index is 13.9. The zero-order valence-electron chi connectivity index (χ0n) is 26.3. The van der Waals surface area contributed by atoms with Crippen LogP contribution in [0.15, 0.2) is 53.7 Å². The molecule has 1 aromatic heterocycles. The number of aryl methyl sites for hydroxylation is 1. The van der Waals surface area contributed by atoms with Gasteiger partial charge in [-0.2, -0.15) is 0 Å². The van der Waals surface area contributed by atoms with E-state index < -0.39 is 11.3 Å². The van der Waals surface area contributed by atoms with E-state index in [0.29, 0.717) is 64.3 Å². The van der Waals surface area contributed by atoms with Gasteiger partial charge in [-0.15, -0.1) is 0 Å². The Kier molecular flexibility index (Phi) is 8.13. The molecule has 0 fully saturated rings. The number of nitrogens with one attached hydrogen (secondary N) is 1. The van der Waals surface area contributed by atoms with Crippen LogP contribution in [0.4, 0.5) is 5.69 Å². The van der Waals surface area contributed by atoms with Gasteiger partial charge in [0.05, 0.1) is 38.4 Å². The Morgan fingerprint density at radius 1 is 1.04 bits per heavy atom. The molecule has 236 valence electrons. The predicted molar refractivity (Wildman–Crippen MR) is 175 cm³/mol. The molecule has 1 aliphatic carbocycles. The van der Waals surface area contributed by atoms with Gasteiger partial charge in [0, 0.05) is 61.7 Å². The van der Waals surface area contributed by atoms with Gasteiger partial charge in [0.2, 0.25) is 11.8 Å². The lowest BCUT2D eigenvalue weighted by Crippen LogP contribution is -2.37. The Morgan fingerprint density at radius 3 is 2.80 bits per heavy atom. The number of Topliss-reactive ketones (excluding diaryl/α,β-unsaturated/α-hetero) is 1. The molecule has 2 aromatic carbocycles. The minimum Gasteiger partial charge on any atom is -0.377 e. The first kappa shape index (κ1) is 30.2. The molecule has 0 radical (unpaired) electrons. The van der Waals surface area contributed by atoms with Crippen LogP contribution in [0.3, 0.4) is 0 Å². The average Bonchev–Trinajstić information content (AvgIpc) is 3.75. The van der Waals surface area contributed by atoms with Gasteiger partial charge >= 0.3 is 0 Å². The number of carbonyl (C=O) groups is 3. The summed E-state index contributed by atoms with van der Waals surface area (Å²) in [4.78, 5) is 52.0. The van der Waals surface area contributed by atoms with Gasteiger partial charge in [0.25, 0.3) is 0 Å². The lowest BCUT2D eigenvalue weighted by Gasteiger charge is -2.24. The fraction of sp³-hybridized carbons (Fsp3) is 0.378. The highest BCUT2D eigenvalue weighted by Gasteiger charge is 2.51. The van der Waals surface area contributed by atoms with Crippen molar-refractivity contribution in [2.24, 2.45) is 10.9 Å². The van der Waals surface area contributed by atoms with Crippen LogP contribution in [-0.4, -0.2) is 73.7 Å². The smallest absolute Gasteiger partial charge is 0.235 e. The summed E-state index contributed by atoms with van der Waals surface area (Å²) in [7, 11) is 1.76. The average molecular weight is 619 g/mol. The molecule has 0 saturated carbocycles. The lowest BCUT2D eigenvalue weighted by molar-refractivity contribution is -0.134. The molecule has 1 spiro atoms. The minimum atomic E-state index is -0.767. The van der Waals surface area contributed by atoms with E-state index in [2.05, 4.69) is 35.4 Å². The molecule has 4 heterocycles. The fourth-order valence-electron chi connectivity index (χ4n) is 7.22. The topological polar surface area (TPSA) is 110 Å². The number of nitrogens with zero attached hydrogens (tertiary/aromatic N) is 3. The highest BCUT2D eigenvalue weighted by molar-refractivity contribution is 6.07. The number of hydrogen-bond donors (Lipinski definition) is 1. The van der Waals surface area contributed by atoms with Gasteiger partial charge in [-0.05, 0) is 83.0 Å². The normalized spacial score (nSPS) is 23.7. The van der Waals surface area contributed by atoms with Crippen molar-refractivity contribution in [3.05, 3.63) is 98.9 Å². The number of ketones is 1. The number of carbonyl (C=O) groups excluding carboxylic acids is 3. The third-order valence-corrected chi connectivity index (χ3v) is 9.74. The second-order valence-electron chi connectivity index (χ2n) is 12.9. The van der Waals surface area contributed by atoms with Gasteiger partial charge in [0.15, 0.2) is 5.78 Å². The summed E-state index contributed by atoms with van der Waals surface area (Å²) in [5.74, 6) is -0.848. The van der Waals surface area contributed by atoms with E-state index in [0.717, 1.165) is 44.8 Å². The summed E-state index contributed by atoms with van der Waals surface area (Å²) >= 11 is 0. The SMILES string of the molecule is Cc1cc(C[C@H]2CC(=O)c3cnc4c(c3)C[C@@]3(C4)C(=O)Nc4ccc(cc43)/C=C/COCCOCCN(C)C2=O)cc2c1CN=C2. The number of rotatable bonds is 2. The first-order chi connectivity index (χ1) is 22.3. The van der Waals surface area contributed by atoms with Crippen molar-refractivity contribution in [1.82, 2.24) is 9.88 Å². The molecule has 3 aliphatic heterocycles. The van der Waals surface area contributed by atoms with Gasteiger partial charge < -0.3 is 19.7 Å². The fourth-order valence-corrected chi connectivity index (χ4v) is 7.22. The Hall–Kier alpha value is -4.47. The van der Waals surface area contributed by atoms with E-state index >= 15 is 0 Å². The third-order valence-electron chi connectivity index (χ3n) is 9.74. The van der Waals surface area contributed by atoms with Crippen LogP contribution in [0, 0.1) is 12.8 Å². The molecule has 9 nitrogen and oxygen atoms in total. The Balaban J connectivity index is 1.20. The molecule has 2 atom stereocenters. The Bertz CT molecular complexity index is 1800. The number of ether oxygens (including phenoxy) is 2. The van der Waals surface area contributed by atoms with Crippen molar-refractivity contribution in [2.45, 2.75) is 44.6 Å². The molecular weight excluding hydrogens is 580 g/mol. The number of fused-ring (bicyclic) bond motifs is 3. The summed E-state index contributed by atoms with van der Waals surface area (Å²) in [5.41, 5.74) is 8.61. The maximum Gasteiger partial charge on any atom is 0.235 e. The van der Waals surface area contributed by atoms with E-state index in [1.165, 1.54) is 5.56 Å². The van der Waals surface area contributed by atoms with E-state index in [1.807, 2.05) is 36.6 Å². The van der Waals surface area contributed by atoms with Gasteiger partial charge in [0.1, 0.15) is 0 Å². The van der Waals surface area contributed by atoms with Crippen LogP contribution in [0.1, 0.15) is 61.4 Å². The quantitative estimate of drug-likeness (QED) is 0.460. The van der Waals surface area contributed by atoms with E-state index in [9.17, 15) is 14.4 Å². The van der Waals surface area contributed by atoms with Gasteiger partial charge in [-0.25, -0.2) is 0 Å². The summed E-state index contributed by atoms with van der Waals surface area (Å²) in [6, 6.07) is 12.1. The molecule has 2 amide bonds. The molecule has 0 saturated heterocycles. The van der Waals surface area contributed by atoms with Crippen molar-refractivity contribution in [3.63, 3.8) is 0 Å². The standard InChI is InChI=1S/C37H38N4O5/c1-23-12-25(14-28-20-38-22-30(23)28)13-26-17-34(42)29-16-27-18-37(19-33(27)39-21-29)31-15-24(5-6-32(31)40-36(37)44)4-3-8-45-10-11-46-9-7-41(2)35(26)43/h3-6,12,14-16,20-21,26H,7-11,13,17-19,22H2,1-2H3,(H,40,44)/b4-3+/t26-,37-/m0/s1. The van der Waals surface area contributed by atoms with Crippen LogP contribution in [-0.2, 0) is 50.3 Å². The van der Waals surface area contributed by atoms with Gasteiger partial charge in [-0.1, -0.05) is 24.3 Å². The number of aromatic nitrogens is 1. The minimum absolute atomic E-state index is 0.0457. The predicted octanol–water partition coefficient (Wildman–Crippen LogP) is 4.26. The Labute approximate surface area is 268 Å². The molecule has 9 heteroatoms. The zero-order chi connectivity index (χ0) is 31.8. The van der Waals surface area contributed by atoms with E-state index in [-0.39, 0.29) is 24.0 Å². The first-order valence-corrected chi connectivity index (χ1v) is 16.0. The number of anilines is 1. The number of hydrogen-bond acceptors (Lipinski definition) is 7. The molecular formula is C37H38N4O5. The summed E-state index contributed by atoms with van der Waals surface area (Å²) in [6.45, 7) is 4.79. The number of amides is 2. The van der Waals surface area contributed by atoms with Gasteiger partial charge in [-0.3, -0.25) is 24.4 Å². The van der Waals surface area contributed by atoms with E-state index in [1.54, 1.807) is 18.1 Å². The van der Waals surface area contributed by atoms with E-state index in [4.69, 9.17) is 14.5 Å². The molecule has 3 aromatic rings. The monoisotopic (exact) mass is 618 g/mol. The van der Waals surface area contributed by atoms with Crippen molar-refractivity contribution in [1.29, 1.82) is 0 Å². The highest BCUT2D eigenvalue weighted by Crippen LogP contribution is 2.47. The molecule has 4 aliphatic rings. The lowest BCUT2D eigenvalue weighted by atomic mass is 9.78. The molecule has 7 rings (SSSR count). The maximum absolute atomic E-state index is 13.9. The van der Waals surface area contributed by atoms with Crippen LogP contribution < -0.4 is 5.32 Å². The number of aliphatic imine (C=N–C) groups is 1. The highest BCUT2D eigenvalue weighted by atomic mass is 16.5. The van der Waals surface area contributed by atoms with Crippen LogP contribution in [0.25, 0.3) is 6.08 Å². The second-order valence-corrected chi connectivity index (χ2v) is 12.9. The molecule has 46 heavy (non-hydrogen) atoms. The number of pyridine rings is 1. The van der Waals surface area contributed by atoms with Crippen molar-refractivity contribution in [3.8, 4) is 0 Å². The Morgan fingerprint density at radius 2 is 1.91 bits per heavy atom. The van der Waals surface area contributed by atoms with Crippen molar-refractivity contribution in [2.75, 3.05) is 45.3 Å². The number of likely N-dealkylation sites (N-methyl/N-ethyl adjacent to an activating group) is 1. The molecule has 0 unspecified atom stereocenters. The molecule has 1 N–H and O–H groups in total. The summed E-state index contributed by atoms with van der Waals surface area (Å²) < 4.78 is 11.5. The van der Waals surface area contributed by atoms with Crippen LogP contribution >= 0.6 is 0 Å². The summed E-state index contributed by atoms with van der Waals surface area (Å²) in [5, 5.41) is 3.07. The summed E-state index contributed by atoms with van der Waals surface area (Å²) in [6.07, 6.45) is 8.85. The van der Waals surface area contributed by atoms with Crippen molar-refractivity contribution < 1.29 is 23.9 Å².